The highest BCUT2D eigenvalue weighted by Gasteiger charge is 2.09. The van der Waals surface area contributed by atoms with Gasteiger partial charge in [-0.05, 0) is 26.0 Å². The van der Waals surface area contributed by atoms with Gasteiger partial charge in [-0.2, -0.15) is 0 Å². The molecule has 17 heavy (non-hydrogen) atoms. The van der Waals surface area contributed by atoms with Crippen LogP contribution in [0.5, 0.6) is 0 Å². The van der Waals surface area contributed by atoms with Gasteiger partial charge in [0.2, 0.25) is 0 Å². The number of aromatic carboxylic acids is 1. The zero-order chi connectivity index (χ0) is 12.8. The standard InChI is InChI=1S/C12H14N2O3/c1-8(2)3-5-14-11(15)10-7-9(12(16)17)4-6-13-10/h3-4,6-7H,5H2,1-2H3,(H,14,15)(H,16,17). The number of carboxylic acids is 1. The van der Waals surface area contributed by atoms with Gasteiger partial charge in [-0.25, -0.2) is 4.79 Å². The van der Waals surface area contributed by atoms with Crippen molar-refractivity contribution in [2.75, 3.05) is 6.54 Å². The fourth-order valence-corrected chi connectivity index (χ4v) is 1.13. The Hall–Kier alpha value is -2.17. The molecule has 5 heteroatoms. The second-order valence-electron chi connectivity index (χ2n) is 3.73. The molecule has 1 heterocycles. The summed E-state index contributed by atoms with van der Waals surface area (Å²) in [6.45, 7) is 4.26. The summed E-state index contributed by atoms with van der Waals surface area (Å²) in [5, 5.41) is 11.4. The summed E-state index contributed by atoms with van der Waals surface area (Å²) >= 11 is 0. The van der Waals surface area contributed by atoms with Crippen molar-refractivity contribution < 1.29 is 14.7 Å². The van der Waals surface area contributed by atoms with Crippen molar-refractivity contribution in [2.45, 2.75) is 13.8 Å². The summed E-state index contributed by atoms with van der Waals surface area (Å²) in [6.07, 6.45) is 3.16. The van der Waals surface area contributed by atoms with Crippen molar-refractivity contribution in [3.63, 3.8) is 0 Å². The van der Waals surface area contributed by atoms with E-state index >= 15 is 0 Å². The van der Waals surface area contributed by atoms with Crippen molar-refractivity contribution in [1.82, 2.24) is 10.3 Å². The first-order chi connectivity index (χ1) is 8.00. The number of amides is 1. The van der Waals surface area contributed by atoms with Crippen molar-refractivity contribution in [1.29, 1.82) is 0 Å². The minimum Gasteiger partial charge on any atom is -0.478 e. The van der Waals surface area contributed by atoms with Crippen LogP contribution < -0.4 is 5.32 Å². The van der Waals surface area contributed by atoms with Crippen LogP contribution in [0.2, 0.25) is 0 Å². The highest BCUT2D eigenvalue weighted by molar-refractivity contribution is 5.95. The third kappa shape index (κ3) is 4.06. The van der Waals surface area contributed by atoms with E-state index in [0.29, 0.717) is 6.54 Å². The Morgan fingerprint density at radius 3 is 2.76 bits per heavy atom. The van der Waals surface area contributed by atoms with E-state index in [9.17, 15) is 9.59 Å². The largest absolute Gasteiger partial charge is 0.478 e. The third-order valence-corrected chi connectivity index (χ3v) is 2.01. The van der Waals surface area contributed by atoms with E-state index in [1.54, 1.807) is 0 Å². The van der Waals surface area contributed by atoms with Gasteiger partial charge >= 0.3 is 5.97 Å². The van der Waals surface area contributed by atoms with Gasteiger partial charge in [0, 0.05) is 12.7 Å². The fourth-order valence-electron chi connectivity index (χ4n) is 1.13. The summed E-state index contributed by atoms with van der Waals surface area (Å²) in [7, 11) is 0. The second kappa shape index (κ2) is 5.79. The number of allylic oxidation sites excluding steroid dienone is 1. The van der Waals surface area contributed by atoms with E-state index < -0.39 is 5.97 Å². The van der Waals surface area contributed by atoms with Crippen molar-refractivity contribution >= 4 is 11.9 Å². The van der Waals surface area contributed by atoms with Gasteiger partial charge in [0.1, 0.15) is 5.69 Å². The van der Waals surface area contributed by atoms with Crippen LogP contribution in [0.4, 0.5) is 0 Å². The first-order valence-corrected chi connectivity index (χ1v) is 5.11. The van der Waals surface area contributed by atoms with Crippen LogP contribution in [0.3, 0.4) is 0 Å². The number of hydrogen-bond donors (Lipinski definition) is 2. The predicted octanol–water partition coefficient (Wildman–Crippen LogP) is 1.48. The van der Waals surface area contributed by atoms with Crippen LogP contribution in [0.25, 0.3) is 0 Å². The number of carbonyl (C=O) groups excluding carboxylic acids is 1. The van der Waals surface area contributed by atoms with E-state index in [2.05, 4.69) is 10.3 Å². The van der Waals surface area contributed by atoms with Crippen LogP contribution in [0, 0.1) is 0 Å². The Kier molecular flexibility index (Phi) is 4.39. The van der Waals surface area contributed by atoms with E-state index in [1.165, 1.54) is 18.3 Å². The molecule has 0 aromatic carbocycles. The lowest BCUT2D eigenvalue weighted by molar-refractivity contribution is 0.0696. The van der Waals surface area contributed by atoms with E-state index in [1.807, 2.05) is 19.9 Å². The molecule has 2 N–H and O–H groups in total. The van der Waals surface area contributed by atoms with Crippen LogP contribution in [-0.2, 0) is 0 Å². The molecule has 0 atom stereocenters. The van der Waals surface area contributed by atoms with Crippen molar-refractivity contribution in [2.24, 2.45) is 0 Å². The molecule has 0 bridgehead atoms. The molecule has 0 aliphatic rings. The van der Waals surface area contributed by atoms with Crippen LogP contribution in [0.1, 0.15) is 34.7 Å². The maximum absolute atomic E-state index is 11.6. The van der Waals surface area contributed by atoms with Crippen LogP contribution in [-0.4, -0.2) is 28.5 Å². The zero-order valence-electron chi connectivity index (χ0n) is 9.73. The molecule has 5 nitrogen and oxygen atoms in total. The maximum Gasteiger partial charge on any atom is 0.335 e. The fraction of sp³-hybridized carbons (Fsp3) is 0.250. The summed E-state index contributed by atoms with van der Waals surface area (Å²) in [6, 6.07) is 2.59. The third-order valence-electron chi connectivity index (χ3n) is 2.01. The molecule has 0 saturated heterocycles. The highest BCUT2D eigenvalue weighted by atomic mass is 16.4. The molecule has 0 fully saturated rings. The Balaban J connectivity index is 2.72. The number of pyridine rings is 1. The zero-order valence-corrected chi connectivity index (χ0v) is 9.73. The van der Waals surface area contributed by atoms with Gasteiger partial charge in [-0.15, -0.1) is 0 Å². The lowest BCUT2D eigenvalue weighted by Crippen LogP contribution is -2.24. The second-order valence-corrected chi connectivity index (χ2v) is 3.73. The summed E-state index contributed by atoms with van der Waals surface area (Å²) in [5.41, 5.74) is 1.25. The molecule has 0 radical (unpaired) electrons. The Morgan fingerprint density at radius 2 is 2.18 bits per heavy atom. The molecule has 0 saturated carbocycles. The van der Waals surface area contributed by atoms with Gasteiger partial charge in [0.25, 0.3) is 5.91 Å². The SMILES string of the molecule is CC(C)=CCNC(=O)c1cc(C(=O)O)ccn1. The van der Waals surface area contributed by atoms with Gasteiger partial charge in [0.15, 0.2) is 0 Å². The van der Waals surface area contributed by atoms with Crippen LogP contribution >= 0.6 is 0 Å². The minimum atomic E-state index is -1.08. The minimum absolute atomic E-state index is 0.0485. The molecule has 1 aromatic heterocycles. The monoisotopic (exact) mass is 234 g/mol. The first kappa shape index (κ1) is 12.9. The number of aromatic nitrogens is 1. The summed E-state index contributed by atoms with van der Waals surface area (Å²) in [4.78, 5) is 26.1. The molecular formula is C12H14N2O3. The molecule has 0 unspecified atom stereocenters. The number of rotatable bonds is 4. The number of carbonyl (C=O) groups is 2. The molecular weight excluding hydrogens is 220 g/mol. The number of nitrogens with zero attached hydrogens (tertiary/aromatic N) is 1. The van der Waals surface area contributed by atoms with E-state index in [4.69, 9.17) is 5.11 Å². The lowest BCUT2D eigenvalue weighted by atomic mass is 10.2. The molecule has 1 aromatic rings. The van der Waals surface area contributed by atoms with Gasteiger partial charge < -0.3 is 10.4 Å². The van der Waals surface area contributed by atoms with Gasteiger partial charge in [-0.1, -0.05) is 11.6 Å². The number of nitrogens with one attached hydrogen (secondary N) is 1. The smallest absolute Gasteiger partial charge is 0.335 e. The number of carboxylic acid groups (broad SMARTS) is 1. The van der Waals surface area contributed by atoms with Gasteiger partial charge in [0.05, 0.1) is 5.56 Å². The lowest BCUT2D eigenvalue weighted by Gasteiger charge is -2.02. The molecule has 0 aliphatic carbocycles. The van der Waals surface area contributed by atoms with E-state index in [-0.39, 0.29) is 17.2 Å². The highest BCUT2D eigenvalue weighted by Crippen LogP contribution is 2.01. The normalized spacial score (nSPS) is 9.53. The van der Waals surface area contributed by atoms with Crippen LogP contribution in [0.15, 0.2) is 30.0 Å². The Bertz CT molecular complexity index is 463. The Morgan fingerprint density at radius 1 is 1.47 bits per heavy atom. The van der Waals surface area contributed by atoms with Crippen molar-refractivity contribution in [3.05, 3.63) is 41.2 Å². The maximum atomic E-state index is 11.6. The summed E-state index contributed by atoms with van der Waals surface area (Å²) in [5.74, 6) is -1.46. The number of hydrogen-bond acceptors (Lipinski definition) is 3. The predicted molar refractivity (Wildman–Crippen MR) is 63.0 cm³/mol. The first-order valence-electron chi connectivity index (χ1n) is 5.11. The average molecular weight is 234 g/mol. The Labute approximate surface area is 99.2 Å². The summed E-state index contributed by atoms with van der Waals surface area (Å²) < 4.78 is 0. The molecule has 1 rings (SSSR count). The van der Waals surface area contributed by atoms with Gasteiger partial charge in [-0.3, -0.25) is 9.78 Å². The molecule has 0 spiro atoms. The molecule has 0 aliphatic heterocycles. The average Bonchev–Trinajstić information content (AvgIpc) is 2.28. The van der Waals surface area contributed by atoms with Crippen molar-refractivity contribution in [3.8, 4) is 0 Å². The quantitative estimate of drug-likeness (QED) is 0.773. The molecule has 90 valence electrons. The van der Waals surface area contributed by atoms with E-state index in [0.717, 1.165) is 5.57 Å². The molecule has 1 amide bonds. The topological polar surface area (TPSA) is 79.3 Å².